The fraction of sp³-hybridized carbons (Fsp3) is 0.818. The van der Waals surface area contributed by atoms with Crippen molar-refractivity contribution >= 4 is 11.9 Å². The van der Waals surface area contributed by atoms with E-state index in [-0.39, 0.29) is 23.9 Å². The molecule has 1 aliphatic carbocycles. The summed E-state index contributed by atoms with van der Waals surface area (Å²) in [6.45, 7) is 1.80. The van der Waals surface area contributed by atoms with Gasteiger partial charge in [-0.3, -0.25) is 9.59 Å². The Balaban J connectivity index is 2.32. The summed E-state index contributed by atoms with van der Waals surface area (Å²) >= 11 is 0. The van der Waals surface area contributed by atoms with Crippen LogP contribution >= 0.6 is 0 Å². The summed E-state index contributed by atoms with van der Waals surface area (Å²) in [7, 11) is 1.74. The van der Waals surface area contributed by atoms with Crippen LogP contribution in [0.2, 0.25) is 0 Å². The van der Waals surface area contributed by atoms with Gasteiger partial charge in [-0.25, -0.2) is 0 Å². The Morgan fingerprint density at radius 3 is 2.25 bits per heavy atom. The van der Waals surface area contributed by atoms with Crippen molar-refractivity contribution in [1.29, 1.82) is 0 Å². The normalized spacial score (nSPS) is 27.1. The second-order valence-electron chi connectivity index (χ2n) is 4.41. The van der Waals surface area contributed by atoms with Gasteiger partial charge in [0.05, 0.1) is 12.0 Å². The molecule has 0 aromatic heterocycles. The summed E-state index contributed by atoms with van der Waals surface area (Å²) in [6.07, 6.45) is 2.85. The first kappa shape index (κ1) is 13.0. The summed E-state index contributed by atoms with van der Waals surface area (Å²) in [5, 5.41) is 14.6. The Morgan fingerprint density at radius 2 is 1.81 bits per heavy atom. The molecule has 16 heavy (non-hydrogen) atoms. The van der Waals surface area contributed by atoms with Crippen LogP contribution in [0.3, 0.4) is 0 Å². The van der Waals surface area contributed by atoms with E-state index in [9.17, 15) is 9.59 Å². The molecule has 0 spiro atoms. The van der Waals surface area contributed by atoms with Crippen molar-refractivity contribution in [2.45, 2.75) is 44.7 Å². The number of hydrogen-bond donors (Lipinski definition) is 3. The summed E-state index contributed by atoms with van der Waals surface area (Å²) in [4.78, 5) is 22.3. The van der Waals surface area contributed by atoms with E-state index in [4.69, 9.17) is 5.11 Å². The molecule has 3 N–H and O–H groups in total. The van der Waals surface area contributed by atoms with Gasteiger partial charge >= 0.3 is 5.97 Å². The van der Waals surface area contributed by atoms with Gasteiger partial charge in [-0.2, -0.15) is 0 Å². The smallest absolute Gasteiger partial charge is 0.306 e. The summed E-state index contributed by atoms with van der Waals surface area (Å²) in [5.41, 5.74) is 0. The van der Waals surface area contributed by atoms with Gasteiger partial charge in [-0.1, -0.05) is 0 Å². The molecule has 0 bridgehead atoms. The zero-order valence-electron chi connectivity index (χ0n) is 9.82. The molecule has 1 amide bonds. The van der Waals surface area contributed by atoms with Crippen LogP contribution in [-0.4, -0.2) is 36.1 Å². The van der Waals surface area contributed by atoms with Gasteiger partial charge in [0.15, 0.2) is 0 Å². The summed E-state index contributed by atoms with van der Waals surface area (Å²) in [6, 6.07) is -0.0592. The maximum absolute atomic E-state index is 11.6. The van der Waals surface area contributed by atoms with E-state index in [1.807, 2.05) is 0 Å². The molecule has 1 aliphatic rings. The third-order valence-electron chi connectivity index (χ3n) is 3.25. The lowest BCUT2D eigenvalue weighted by Crippen LogP contribution is -2.46. The highest BCUT2D eigenvalue weighted by atomic mass is 16.4. The first-order valence-corrected chi connectivity index (χ1v) is 5.75. The minimum Gasteiger partial charge on any atom is -0.481 e. The zero-order chi connectivity index (χ0) is 12.1. The molecule has 92 valence electrons. The molecule has 1 saturated carbocycles. The van der Waals surface area contributed by atoms with Crippen molar-refractivity contribution in [3.8, 4) is 0 Å². The molecule has 5 nitrogen and oxygen atoms in total. The van der Waals surface area contributed by atoms with Crippen molar-refractivity contribution in [1.82, 2.24) is 10.6 Å². The van der Waals surface area contributed by atoms with Crippen molar-refractivity contribution in [3.63, 3.8) is 0 Å². The second-order valence-corrected chi connectivity index (χ2v) is 4.41. The highest BCUT2D eigenvalue weighted by Crippen LogP contribution is 2.24. The van der Waals surface area contributed by atoms with E-state index in [0.717, 1.165) is 12.8 Å². The third kappa shape index (κ3) is 3.48. The van der Waals surface area contributed by atoms with Gasteiger partial charge in [-0.15, -0.1) is 0 Å². The predicted molar refractivity (Wildman–Crippen MR) is 60.0 cm³/mol. The molecule has 0 heterocycles. The Morgan fingerprint density at radius 1 is 1.25 bits per heavy atom. The van der Waals surface area contributed by atoms with Gasteiger partial charge < -0.3 is 15.7 Å². The van der Waals surface area contributed by atoms with Crippen LogP contribution in [0.4, 0.5) is 0 Å². The number of carboxylic acid groups (broad SMARTS) is 1. The van der Waals surface area contributed by atoms with Gasteiger partial charge in [0.2, 0.25) is 5.91 Å². The molecule has 1 fully saturated rings. The number of rotatable bonds is 4. The van der Waals surface area contributed by atoms with Crippen LogP contribution < -0.4 is 10.6 Å². The largest absolute Gasteiger partial charge is 0.481 e. The molecular formula is C11H20N2O3. The zero-order valence-corrected chi connectivity index (χ0v) is 9.82. The fourth-order valence-electron chi connectivity index (χ4n) is 1.94. The minimum atomic E-state index is -0.714. The highest BCUT2D eigenvalue weighted by molar-refractivity contribution is 5.81. The van der Waals surface area contributed by atoms with Gasteiger partial charge in [0.1, 0.15) is 0 Å². The highest BCUT2D eigenvalue weighted by Gasteiger charge is 2.27. The fourth-order valence-corrected chi connectivity index (χ4v) is 1.94. The predicted octanol–water partition coefficient (Wildman–Crippen LogP) is 0.354. The number of carboxylic acids is 1. The lowest BCUT2D eigenvalue weighted by Gasteiger charge is -2.27. The van der Waals surface area contributed by atoms with Crippen LogP contribution in [0.25, 0.3) is 0 Å². The lowest BCUT2D eigenvalue weighted by molar-refractivity contribution is -0.142. The van der Waals surface area contributed by atoms with E-state index in [1.54, 1.807) is 14.0 Å². The Hall–Kier alpha value is -1.10. The van der Waals surface area contributed by atoms with Gasteiger partial charge in [0, 0.05) is 6.04 Å². The number of aliphatic carboxylic acids is 1. The average Bonchev–Trinajstić information content (AvgIpc) is 2.28. The van der Waals surface area contributed by atoms with E-state index < -0.39 is 5.97 Å². The quantitative estimate of drug-likeness (QED) is 0.649. The molecule has 1 unspecified atom stereocenters. The first-order chi connectivity index (χ1) is 7.54. The molecule has 1 atom stereocenters. The average molecular weight is 228 g/mol. The Bertz CT molecular complexity index is 260. The number of carbonyl (C=O) groups is 2. The number of hydrogen-bond acceptors (Lipinski definition) is 3. The molecule has 0 aromatic rings. The van der Waals surface area contributed by atoms with E-state index in [1.165, 1.54) is 0 Å². The third-order valence-corrected chi connectivity index (χ3v) is 3.25. The van der Waals surface area contributed by atoms with Crippen LogP contribution in [-0.2, 0) is 9.59 Å². The monoisotopic (exact) mass is 228 g/mol. The SMILES string of the molecule is CNC(C)C(=O)NC1CCC(C(=O)O)CC1. The Labute approximate surface area is 95.6 Å². The maximum Gasteiger partial charge on any atom is 0.306 e. The standard InChI is InChI=1S/C11H20N2O3/c1-7(12-2)10(14)13-9-5-3-8(4-6-9)11(15)16/h7-9,12H,3-6H2,1-2H3,(H,13,14)(H,15,16). The van der Waals surface area contributed by atoms with Crippen LogP contribution in [0, 0.1) is 5.92 Å². The minimum absolute atomic E-state index is 0.0127. The number of amides is 1. The van der Waals surface area contributed by atoms with Crippen molar-refractivity contribution in [2.24, 2.45) is 5.92 Å². The Kier molecular flexibility index (Phi) is 4.73. The molecule has 5 heteroatoms. The molecule has 0 aromatic carbocycles. The van der Waals surface area contributed by atoms with E-state index in [0.29, 0.717) is 12.8 Å². The van der Waals surface area contributed by atoms with Gasteiger partial charge in [-0.05, 0) is 39.7 Å². The van der Waals surface area contributed by atoms with Crippen LogP contribution in [0.15, 0.2) is 0 Å². The molecule has 1 rings (SSSR count). The van der Waals surface area contributed by atoms with Gasteiger partial charge in [0.25, 0.3) is 0 Å². The summed E-state index contributed by atoms with van der Waals surface area (Å²) in [5.74, 6) is -0.954. The number of likely N-dealkylation sites (N-methyl/N-ethyl adjacent to an activating group) is 1. The molecule has 0 aliphatic heterocycles. The molecule has 0 saturated heterocycles. The second kappa shape index (κ2) is 5.84. The molecule has 0 radical (unpaired) electrons. The lowest BCUT2D eigenvalue weighted by atomic mass is 9.86. The van der Waals surface area contributed by atoms with Crippen molar-refractivity contribution in [2.75, 3.05) is 7.05 Å². The summed E-state index contributed by atoms with van der Waals surface area (Å²) < 4.78 is 0. The van der Waals surface area contributed by atoms with Crippen molar-refractivity contribution < 1.29 is 14.7 Å². The van der Waals surface area contributed by atoms with Crippen LogP contribution in [0.1, 0.15) is 32.6 Å². The topological polar surface area (TPSA) is 78.4 Å². The van der Waals surface area contributed by atoms with E-state index in [2.05, 4.69) is 10.6 Å². The first-order valence-electron chi connectivity index (χ1n) is 5.75. The maximum atomic E-state index is 11.6. The number of nitrogens with one attached hydrogen (secondary N) is 2. The van der Waals surface area contributed by atoms with Crippen LogP contribution in [0.5, 0.6) is 0 Å². The molecular weight excluding hydrogens is 208 g/mol. The van der Waals surface area contributed by atoms with E-state index >= 15 is 0 Å². The number of carbonyl (C=O) groups excluding carboxylic acids is 1. The van der Waals surface area contributed by atoms with Crippen molar-refractivity contribution in [3.05, 3.63) is 0 Å².